The molecule has 1 aromatic rings. The molecule has 0 aromatic carbocycles. The Morgan fingerprint density at radius 3 is 2.58 bits per heavy atom. The van der Waals surface area contributed by atoms with E-state index in [1.165, 1.54) is 16.6 Å². The van der Waals surface area contributed by atoms with Gasteiger partial charge in [-0.05, 0) is 18.6 Å². The number of pyridine rings is 1. The van der Waals surface area contributed by atoms with Gasteiger partial charge in [-0.25, -0.2) is 13.4 Å². The second-order valence-electron chi connectivity index (χ2n) is 4.11. The Hall–Kier alpha value is -1.18. The normalized spacial score (nSPS) is 11.8. The van der Waals surface area contributed by atoms with Crippen molar-refractivity contribution < 1.29 is 13.5 Å². The highest BCUT2D eigenvalue weighted by Crippen LogP contribution is 2.16. The zero-order valence-corrected chi connectivity index (χ0v) is 12.2. The molecule has 19 heavy (non-hydrogen) atoms. The molecule has 0 aliphatic carbocycles. The van der Waals surface area contributed by atoms with E-state index in [4.69, 9.17) is 5.11 Å². The molecule has 0 spiro atoms. The van der Waals surface area contributed by atoms with Crippen LogP contribution in [-0.4, -0.2) is 49.6 Å². The summed E-state index contributed by atoms with van der Waals surface area (Å²) in [6, 6.07) is 3.13. The van der Waals surface area contributed by atoms with Crippen LogP contribution >= 0.6 is 0 Å². The Morgan fingerprint density at radius 1 is 1.37 bits per heavy atom. The van der Waals surface area contributed by atoms with Gasteiger partial charge in [0, 0.05) is 26.3 Å². The predicted molar refractivity (Wildman–Crippen MR) is 74.5 cm³/mol. The number of aliphatic hydroxyl groups excluding tert-OH is 1. The minimum absolute atomic E-state index is 0.107. The molecule has 0 unspecified atom stereocenters. The van der Waals surface area contributed by atoms with Crippen molar-refractivity contribution in [1.29, 1.82) is 0 Å². The highest BCUT2D eigenvalue weighted by molar-refractivity contribution is 7.89. The molecule has 0 aliphatic rings. The first-order valence-corrected chi connectivity index (χ1v) is 7.75. The lowest BCUT2D eigenvalue weighted by Crippen LogP contribution is -2.34. The number of unbranched alkanes of at least 4 members (excludes halogenated alkanes) is 1. The van der Waals surface area contributed by atoms with Gasteiger partial charge in [0.05, 0.1) is 6.61 Å². The molecule has 108 valence electrons. The molecule has 0 saturated heterocycles. The van der Waals surface area contributed by atoms with Crippen molar-refractivity contribution in [3.63, 3.8) is 0 Å². The van der Waals surface area contributed by atoms with Crippen molar-refractivity contribution in [3.8, 4) is 0 Å². The standard InChI is InChI=1S/C12H21N3O3S/c1-3-4-7-15(8-9-16)19(17,18)11-5-6-12(13-2)14-10-11/h5-6,10,16H,3-4,7-9H2,1-2H3,(H,13,14). The number of nitrogens with zero attached hydrogens (tertiary/aromatic N) is 2. The Bertz CT molecular complexity index is 473. The molecule has 0 atom stereocenters. The van der Waals surface area contributed by atoms with Gasteiger partial charge in [0.25, 0.3) is 0 Å². The number of aromatic nitrogens is 1. The highest BCUT2D eigenvalue weighted by Gasteiger charge is 2.23. The van der Waals surface area contributed by atoms with Gasteiger partial charge in [0.1, 0.15) is 10.7 Å². The Balaban J connectivity index is 2.96. The van der Waals surface area contributed by atoms with Gasteiger partial charge in [0.2, 0.25) is 10.0 Å². The van der Waals surface area contributed by atoms with E-state index in [1.54, 1.807) is 13.1 Å². The first-order valence-electron chi connectivity index (χ1n) is 6.31. The van der Waals surface area contributed by atoms with E-state index in [-0.39, 0.29) is 18.0 Å². The van der Waals surface area contributed by atoms with Crippen LogP contribution in [0.5, 0.6) is 0 Å². The molecule has 0 fully saturated rings. The van der Waals surface area contributed by atoms with Gasteiger partial charge in [-0.3, -0.25) is 0 Å². The minimum atomic E-state index is -3.58. The third-order valence-electron chi connectivity index (χ3n) is 2.74. The third kappa shape index (κ3) is 4.15. The Morgan fingerprint density at radius 2 is 2.11 bits per heavy atom. The third-order valence-corrected chi connectivity index (χ3v) is 4.62. The second-order valence-corrected chi connectivity index (χ2v) is 6.05. The molecular weight excluding hydrogens is 266 g/mol. The van der Waals surface area contributed by atoms with E-state index in [9.17, 15) is 8.42 Å². The van der Waals surface area contributed by atoms with Crippen molar-refractivity contribution in [2.24, 2.45) is 0 Å². The van der Waals surface area contributed by atoms with Crippen LogP contribution in [0, 0.1) is 0 Å². The number of hydrogen-bond acceptors (Lipinski definition) is 5. The van der Waals surface area contributed by atoms with Crippen LogP contribution in [0.1, 0.15) is 19.8 Å². The van der Waals surface area contributed by atoms with Crippen molar-refractivity contribution in [2.75, 3.05) is 32.1 Å². The maximum Gasteiger partial charge on any atom is 0.244 e. The van der Waals surface area contributed by atoms with Crippen molar-refractivity contribution in [2.45, 2.75) is 24.7 Å². The molecule has 0 bridgehead atoms. The van der Waals surface area contributed by atoms with E-state index < -0.39 is 10.0 Å². The van der Waals surface area contributed by atoms with Crippen LogP contribution in [0.3, 0.4) is 0 Å². The summed E-state index contributed by atoms with van der Waals surface area (Å²) in [5, 5.41) is 11.8. The van der Waals surface area contributed by atoms with Crippen LogP contribution in [-0.2, 0) is 10.0 Å². The summed E-state index contributed by atoms with van der Waals surface area (Å²) < 4.78 is 26.1. The molecule has 1 aromatic heterocycles. The summed E-state index contributed by atoms with van der Waals surface area (Å²) in [4.78, 5) is 4.16. The summed E-state index contributed by atoms with van der Waals surface area (Å²) in [6.07, 6.45) is 2.99. The number of sulfonamides is 1. The summed E-state index contributed by atoms with van der Waals surface area (Å²) in [5.74, 6) is 0.612. The number of rotatable bonds is 8. The number of anilines is 1. The summed E-state index contributed by atoms with van der Waals surface area (Å²) in [5.41, 5.74) is 0. The highest BCUT2D eigenvalue weighted by atomic mass is 32.2. The van der Waals surface area contributed by atoms with E-state index >= 15 is 0 Å². The molecule has 0 aliphatic heterocycles. The van der Waals surface area contributed by atoms with Crippen LogP contribution < -0.4 is 5.32 Å². The van der Waals surface area contributed by atoms with E-state index in [1.807, 2.05) is 6.92 Å². The molecule has 2 N–H and O–H groups in total. The zero-order chi connectivity index (χ0) is 14.3. The smallest absolute Gasteiger partial charge is 0.244 e. The molecular formula is C12H21N3O3S. The molecule has 7 heteroatoms. The Labute approximate surface area is 114 Å². The van der Waals surface area contributed by atoms with Gasteiger partial charge in [-0.15, -0.1) is 0 Å². The van der Waals surface area contributed by atoms with Gasteiger partial charge in [0.15, 0.2) is 0 Å². The van der Waals surface area contributed by atoms with Crippen molar-refractivity contribution >= 4 is 15.8 Å². The lowest BCUT2D eigenvalue weighted by molar-refractivity contribution is 0.252. The summed E-state index contributed by atoms with van der Waals surface area (Å²) >= 11 is 0. The van der Waals surface area contributed by atoms with E-state index in [0.29, 0.717) is 12.4 Å². The molecule has 0 radical (unpaired) electrons. The van der Waals surface area contributed by atoms with Gasteiger partial charge < -0.3 is 10.4 Å². The summed E-state index contributed by atoms with van der Waals surface area (Å²) in [7, 11) is -1.86. The fourth-order valence-corrected chi connectivity index (χ4v) is 3.04. The minimum Gasteiger partial charge on any atom is -0.395 e. The lowest BCUT2D eigenvalue weighted by Gasteiger charge is -2.20. The predicted octanol–water partition coefficient (Wildman–Crippen LogP) is 0.906. The fourth-order valence-electron chi connectivity index (χ4n) is 1.63. The largest absolute Gasteiger partial charge is 0.395 e. The maximum atomic E-state index is 12.4. The van der Waals surface area contributed by atoms with Gasteiger partial charge >= 0.3 is 0 Å². The molecule has 0 amide bonds. The molecule has 0 saturated carbocycles. The number of aliphatic hydroxyl groups is 1. The van der Waals surface area contributed by atoms with Crippen LogP contribution in [0.4, 0.5) is 5.82 Å². The Kier molecular flexibility index (Phi) is 6.20. The molecule has 1 heterocycles. The number of nitrogens with one attached hydrogen (secondary N) is 1. The first-order chi connectivity index (χ1) is 9.06. The van der Waals surface area contributed by atoms with E-state index in [2.05, 4.69) is 10.3 Å². The average molecular weight is 287 g/mol. The van der Waals surface area contributed by atoms with Crippen LogP contribution in [0.25, 0.3) is 0 Å². The van der Waals surface area contributed by atoms with Crippen molar-refractivity contribution in [1.82, 2.24) is 9.29 Å². The van der Waals surface area contributed by atoms with Crippen LogP contribution in [0.15, 0.2) is 23.2 Å². The second kappa shape index (κ2) is 7.42. The quantitative estimate of drug-likeness (QED) is 0.742. The number of hydrogen-bond donors (Lipinski definition) is 2. The zero-order valence-electron chi connectivity index (χ0n) is 11.3. The van der Waals surface area contributed by atoms with Gasteiger partial charge in [-0.2, -0.15) is 4.31 Å². The maximum absolute atomic E-state index is 12.4. The van der Waals surface area contributed by atoms with Gasteiger partial charge in [-0.1, -0.05) is 13.3 Å². The van der Waals surface area contributed by atoms with Crippen LogP contribution in [0.2, 0.25) is 0 Å². The SMILES string of the molecule is CCCCN(CCO)S(=O)(=O)c1ccc(NC)nc1. The van der Waals surface area contributed by atoms with Crippen molar-refractivity contribution in [3.05, 3.63) is 18.3 Å². The summed E-state index contributed by atoms with van der Waals surface area (Å²) in [6.45, 7) is 2.32. The van der Waals surface area contributed by atoms with E-state index in [0.717, 1.165) is 12.8 Å². The molecule has 1 rings (SSSR count). The lowest BCUT2D eigenvalue weighted by atomic mass is 10.3. The monoisotopic (exact) mass is 287 g/mol. The fraction of sp³-hybridized carbons (Fsp3) is 0.583. The molecule has 6 nitrogen and oxygen atoms in total. The first kappa shape index (κ1) is 15.9. The average Bonchev–Trinajstić information content (AvgIpc) is 2.43. The topological polar surface area (TPSA) is 82.5 Å².